The first-order valence-corrected chi connectivity index (χ1v) is 14.9. The molecule has 2 atom stereocenters. The Hall–Kier alpha value is -5.98. The molecule has 4 aromatic carbocycles. The van der Waals surface area contributed by atoms with Gasteiger partial charge in [-0.2, -0.15) is 0 Å². The molecule has 0 heterocycles. The molecule has 244 valence electrons. The van der Waals surface area contributed by atoms with Gasteiger partial charge in [-0.05, 0) is 23.3 Å². The van der Waals surface area contributed by atoms with Crippen LogP contribution in [0, 0.1) is 0 Å². The molecule has 4 N–H and O–H groups in total. The van der Waals surface area contributed by atoms with Crippen molar-refractivity contribution in [3.05, 3.63) is 130 Å². The van der Waals surface area contributed by atoms with E-state index in [0.29, 0.717) is 11.1 Å². The van der Waals surface area contributed by atoms with Crippen LogP contribution in [0.3, 0.4) is 0 Å². The minimum atomic E-state index is -0.919. The summed E-state index contributed by atoms with van der Waals surface area (Å²) in [6, 6.07) is 24.7. The van der Waals surface area contributed by atoms with Crippen LogP contribution >= 0.6 is 0 Å². The highest BCUT2D eigenvalue weighted by Crippen LogP contribution is 2.35. The molecule has 0 saturated carbocycles. The average molecular weight is 649 g/mol. The number of hydrogen-bond donors (Lipinski definition) is 4. The fourth-order valence-electron chi connectivity index (χ4n) is 5.43. The van der Waals surface area contributed by atoms with Crippen LogP contribution in [-0.4, -0.2) is 62.6 Å². The van der Waals surface area contributed by atoms with Gasteiger partial charge in [0.25, 0.3) is 0 Å². The predicted molar refractivity (Wildman–Crippen MR) is 175 cm³/mol. The molecule has 0 radical (unpaired) electrons. The lowest BCUT2D eigenvalue weighted by molar-refractivity contribution is -0.144. The zero-order valence-electron chi connectivity index (χ0n) is 26.1. The van der Waals surface area contributed by atoms with Crippen molar-refractivity contribution in [2.75, 3.05) is 37.9 Å². The molecule has 1 aliphatic carbocycles. The zero-order valence-corrected chi connectivity index (χ0v) is 26.1. The second kappa shape index (κ2) is 15.1. The first-order chi connectivity index (χ1) is 23.2. The maximum Gasteiger partial charge on any atom is 0.327 e. The van der Waals surface area contributed by atoms with E-state index >= 15 is 0 Å². The minimum Gasteiger partial charge on any atom is -0.468 e. The van der Waals surface area contributed by atoms with Gasteiger partial charge in [0.15, 0.2) is 11.6 Å². The van der Waals surface area contributed by atoms with Crippen LogP contribution in [-0.2, 0) is 28.7 Å². The van der Waals surface area contributed by atoms with Crippen molar-refractivity contribution in [2.24, 2.45) is 0 Å². The zero-order chi connectivity index (χ0) is 34.2. The minimum absolute atomic E-state index is 0.0365. The van der Waals surface area contributed by atoms with Crippen LogP contribution in [0.2, 0.25) is 0 Å². The summed E-state index contributed by atoms with van der Waals surface area (Å²) >= 11 is 0. The first kappa shape index (κ1) is 33.4. The van der Waals surface area contributed by atoms with Gasteiger partial charge in [0, 0.05) is 11.1 Å². The largest absolute Gasteiger partial charge is 0.468 e. The lowest BCUT2D eigenvalue weighted by Gasteiger charge is -2.23. The summed E-state index contributed by atoms with van der Waals surface area (Å²) in [7, 11) is 2.49. The number of methoxy groups -OCH3 is 2. The second-order valence-corrected chi connectivity index (χ2v) is 10.7. The monoisotopic (exact) mass is 648 g/mol. The number of ether oxygens (including phenoxy) is 2. The molecule has 0 fully saturated rings. The number of ketones is 2. The van der Waals surface area contributed by atoms with Gasteiger partial charge in [0.05, 0.1) is 49.8 Å². The molecule has 2 amide bonds. The number of carbonyl (C=O) groups excluding carboxylic acids is 6. The number of carbonyl (C=O) groups is 6. The third-order valence-electron chi connectivity index (χ3n) is 7.69. The van der Waals surface area contributed by atoms with E-state index in [4.69, 9.17) is 9.47 Å². The van der Waals surface area contributed by atoms with E-state index in [1.807, 2.05) is 0 Å². The highest BCUT2D eigenvalue weighted by Gasteiger charge is 2.34. The summed E-state index contributed by atoms with van der Waals surface area (Å²) in [5.74, 6) is -3.38. The Bertz CT molecular complexity index is 1740. The molecule has 0 aliphatic heterocycles. The summed E-state index contributed by atoms with van der Waals surface area (Å²) in [6.07, 6.45) is 0. The summed E-state index contributed by atoms with van der Waals surface area (Å²) < 4.78 is 9.77. The second-order valence-electron chi connectivity index (χ2n) is 10.7. The quantitative estimate of drug-likeness (QED) is 0.147. The van der Waals surface area contributed by atoms with Crippen molar-refractivity contribution in [1.82, 2.24) is 10.6 Å². The fourth-order valence-corrected chi connectivity index (χ4v) is 5.43. The summed E-state index contributed by atoms with van der Waals surface area (Å²) in [5, 5.41) is 11.1. The Morgan fingerprint density at radius 2 is 0.938 bits per heavy atom. The topological polar surface area (TPSA) is 169 Å². The summed E-state index contributed by atoms with van der Waals surface area (Å²) in [6.45, 7) is -0.637. The van der Waals surface area contributed by atoms with E-state index < -0.39 is 47.4 Å². The fraction of sp³-hybridized carbons (Fsp3) is 0.167. The maximum absolute atomic E-state index is 14.0. The van der Waals surface area contributed by atoms with Crippen molar-refractivity contribution in [2.45, 2.75) is 12.1 Å². The van der Waals surface area contributed by atoms with Gasteiger partial charge >= 0.3 is 11.9 Å². The molecule has 0 unspecified atom stereocenters. The molecule has 12 nitrogen and oxygen atoms in total. The van der Waals surface area contributed by atoms with Crippen molar-refractivity contribution in [3.8, 4) is 0 Å². The number of anilines is 2. The van der Waals surface area contributed by atoms with Gasteiger partial charge < -0.3 is 20.1 Å². The molecule has 12 heteroatoms. The third kappa shape index (κ3) is 7.20. The molecular formula is C36H32N4O8. The molecule has 1 aliphatic rings. The van der Waals surface area contributed by atoms with Crippen LogP contribution < -0.4 is 21.3 Å². The molecule has 4 aromatic rings. The lowest BCUT2D eigenvalue weighted by Crippen LogP contribution is -2.36. The number of rotatable bonds is 12. The summed E-state index contributed by atoms with van der Waals surface area (Å²) in [4.78, 5) is 78.6. The number of esters is 2. The van der Waals surface area contributed by atoms with Crippen LogP contribution in [0.5, 0.6) is 0 Å². The van der Waals surface area contributed by atoms with Crippen LogP contribution in [0.1, 0.15) is 55.1 Å². The number of hydrogen-bond acceptors (Lipinski definition) is 10. The highest BCUT2D eigenvalue weighted by atomic mass is 16.5. The van der Waals surface area contributed by atoms with Gasteiger partial charge in [-0.25, -0.2) is 9.59 Å². The van der Waals surface area contributed by atoms with Gasteiger partial charge in [-0.15, -0.1) is 0 Å². The Kier molecular flexibility index (Phi) is 10.5. The van der Waals surface area contributed by atoms with E-state index in [-0.39, 0.29) is 46.7 Å². The van der Waals surface area contributed by atoms with E-state index in [9.17, 15) is 28.8 Å². The number of fused-ring (bicyclic) bond motifs is 2. The van der Waals surface area contributed by atoms with E-state index in [1.54, 1.807) is 72.8 Å². The number of benzene rings is 4. The molecule has 48 heavy (non-hydrogen) atoms. The smallest absolute Gasteiger partial charge is 0.327 e. The Morgan fingerprint density at radius 1 is 0.542 bits per heavy atom. The number of nitrogens with one attached hydrogen (secondary N) is 4. The van der Waals surface area contributed by atoms with Crippen LogP contribution in [0.25, 0.3) is 0 Å². The van der Waals surface area contributed by atoms with E-state index in [0.717, 1.165) is 0 Å². The average Bonchev–Trinajstić information content (AvgIpc) is 3.11. The molecule has 0 spiro atoms. The number of amides is 2. The van der Waals surface area contributed by atoms with Gasteiger partial charge in [-0.3, -0.25) is 29.8 Å². The van der Waals surface area contributed by atoms with Gasteiger partial charge in [0.2, 0.25) is 11.8 Å². The van der Waals surface area contributed by atoms with E-state index in [2.05, 4.69) is 21.3 Å². The molecule has 5 rings (SSSR count). The van der Waals surface area contributed by atoms with Gasteiger partial charge in [-0.1, -0.05) is 84.9 Å². The van der Waals surface area contributed by atoms with Crippen molar-refractivity contribution < 1.29 is 38.2 Å². The molecule has 0 bridgehead atoms. The SMILES string of the molecule is COC(=O)[C@@H](NCC(=O)Nc1cccc2c1C(=O)c1c(NC(=O)CN[C@@H](C(=O)OC)c3ccccc3)cccc1C2=O)c1ccccc1. The normalized spacial score (nSPS) is 13.0. The Labute approximate surface area is 275 Å². The standard InChI is InChI=1S/C36H32N4O8/c1-47-35(45)31(21-11-5-3-6-12-21)37-19-27(41)39-25-17-9-15-23-29(25)34(44)30-24(33(23)43)16-10-18-26(30)40-28(42)20-38-32(36(46)48-2)22-13-7-4-8-14-22/h3-18,31-32,37-38H,19-20H2,1-2H3,(H,39,41)(H,40,42)/t31-,32+. The van der Waals surface area contributed by atoms with E-state index in [1.165, 1.54) is 38.5 Å². The van der Waals surface area contributed by atoms with Gasteiger partial charge in [0.1, 0.15) is 12.1 Å². The molecular weight excluding hydrogens is 616 g/mol. The highest BCUT2D eigenvalue weighted by molar-refractivity contribution is 6.32. The predicted octanol–water partition coefficient (Wildman–Crippen LogP) is 3.35. The van der Waals surface area contributed by atoms with Crippen LogP contribution in [0.15, 0.2) is 97.1 Å². The first-order valence-electron chi connectivity index (χ1n) is 14.9. The lowest BCUT2D eigenvalue weighted by atomic mass is 9.82. The van der Waals surface area contributed by atoms with Crippen molar-refractivity contribution >= 4 is 46.7 Å². The molecule has 0 aromatic heterocycles. The summed E-state index contributed by atoms with van der Waals surface area (Å²) in [5.41, 5.74) is 1.46. The van der Waals surface area contributed by atoms with Crippen molar-refractivity contribution in [1.29, 1.82) is 0 Å². The Balaban J connectivity index is 1.33. The third-order valence-corrected chi connectivity index (χ3v) is 7.69. The van der Waals surface area contributed by atoms with Crippen LogP contribution in [0.4, 0.5) is 11.4 Å². The molecule has 0 saturated heterocycles. The maximum atomic E-state index is 14.0. The van der Waals surface area contributed by atoms with Crippen molar-refractivity contribution in [3.63, 3.8) is 0 Å². The Morgan fingerprint density at radius 3 is 1.31 bits per heavy atom.